The summed E-state index contributed by atoms with van der Waals surface area (Å²) in [5.41, 5.74) is 1.05. The zero-order valence-corrected chi connectivity index (χ0v) is 24.0. The molecule has 0 amide bonds. The van der Waals surface area contributed by atoms with Gasteiger partial charge in [0.2, 0.25) is 0 Å². The Morgan fingerprint density at radius 2 is 1.54 bits per heavy atom. The van der Waals surface area contributed by atoms with E-state index in [4.69, 9.17) is 19.3 Å². The third-order valence-corrected chi connectivity index (χ3v) is 7.48. The minimum atomic E-state index is -0.135. The van der Waals surface area contributed by atoms with Gasteiger partial charge in [-0.2, -0.15) is 0 Å². The van der Waals surface area contributed by atoms with Gasteiger partial charge in [-0.1, -0.05) is 31.9 Å². The molecule has 0 bridgehead atoms. The van der Waals surface area contributed by atoms with Crippen LogP contribution in [0.1, 0.15) is 59.7 Å². The van der Waals surface area contributed by atoms with Crippen LogP contribution in [0.2, 0.25) is 0 Å². The Bertz CT molecular complexity index is 1080. The maximum atomic E-state index is 12.2. The van der Waals surface area contributed by atoms with Gasteiger partial charge in [-0.25, -0.2) is 0 Å². The van der Waals surface area contributed by atoms with E-state index in [-0.39, 0.29) is 29.3 Å². The van der Waals surface area contributed by atoms with E-state index >= 15 is 0 Å². The summed E-state index contributed by atoms with van der Waals surface area (Å²) in [7, 11) is 0. The fraction of sp³-hybridized carbons (Fsp3) is 0.464. The average Bonchev–Trinajstić information content (AvgIpc) is 2.92. The Labute approximate surface area is 234 Å². The zero-order valence-electron chi connectivity index (χ0n) is 20.8. The molecule has 0 spiro atoms. The largest absolute Gasteiger partial charge is 0.507 e. The molecule has 1 N–H and O–H groups in total. The number of rotatable bonds is 3. The number of benzene rings is 2. The highest BCUT2D eigenvalue weighted by molar-refractivity contribution is 9.10. The second kappa shape index (κ2) is 14.8. The number of Topliss-reactive ketones (excluding diaryl/α,β-unsaturated/α-hetero) is 2. The van der Waals surface area contributed by atoms with Crippen molar-refractivity contribution in [1.29, 1.82) is 0 Å². The SMILES string of the molecule is CC(=O)c1cc(Br)ccc1O.O=C1CC(C2CCOCC2)Oc2ccc(Br)cc21.O=CC1CCOCC1. The second-order valence-electron chi connectivity index (χ2n) is 9.18. The molecule has 0 radical (unpaired) electrons. The first-order valence-electron chi connectivity index (χ1n) is 12.4. The Morgan fingerprint density at radius 1 is 0.946 bits per heavy atom. The van der Waals surface area contributed by atoms with Crippen molar-refractivity contribution in [3.63, 3.8) is 0 Å². The molecule has 2 fully saturated rings. The van der Waals surface area contributed by atoms with Gasteiger partial charge in [0.05, 0.1) is 11.1 Å². The van der Waals surface area contributed by atoms with Gasteiger partial charge >= 0.3 is 0 Å². The molecule has 2 aromatic rings. The molecule has 1 atom stereocenters. The van der Waals surface area contributed by atoms with Crippen LogP contribution in [0.5, 0.6) is 11.5 Å². The molecule has 7 nitrogen and oxygen atoms in total. The Balaban J connectivity index is 0.000000171. The molecular weight excluding hydrogens is 608 g/mol. The van der Waals surface area contributed by atoms with E-state index in [1.54, 1.807) is 12.1 Å². The van der Waals surface area contributed by atoms with Crippen LogP contribution in [0.25, 0.3) is 0 Å². The molecule has 2 aromatic carbocycles. The Morgan fingerprint density at radius 3 is 2.11 bits per heavy atom. The number of ketones is 2. The van der Waals surface area contributed by atoms with Crippen molar-refractivity contribution in [1.82, 2.24) is 0 Å². The number of hydrogen-bond acceptors (Lipinski definition) is 7. The lowest BCUT2D eigenvalue weighted by molar-refractivity contribution is -0.113. The lowest BCUT2D eigenvalue weighted by atomic mass is 9.87. The highest BCUT2D eigenvalue weighted by Gasteiger charge is 2.33. The van der Waals surface area contributed by atoms with Crippen molar-refractivity contribution in [2.45, 2.75) is 45.1 Å². The molecule has 5 rings (SSSR count). The minimum Gasteiger partial charge on any atom is -0.507 e. The van der Waals surface area contributed by atoms with E-state index in [2.05, 4.69) is 31.9 Å². The first-order chi connectivity index (χ1) is 17.8. The maximum Gasteiger partial charge on any atom is 0.170 e. The van der Waals surface area contributed by atoms with Crippen LogP contribution >= 0.6 is 31.9 Å². The van der Waals surface area contributed by atoms with Crippen molar-refractivity contribution in [3.05, 3.63) is 56.5 Å². The number of hydrogen-bond donors (Lipinski definition) is 1. The summed E-state index contributed by atoms with van der Waals surface area (Å²) >= 11 is 6.59. The van der Waals surface area contributed by atoms with Crippen LogP contribution in [-0.2, 0) is 14.3 Å². The fourth-order valence-electron chi connectivity index (χ4n) is 4.31. The van der Waals surface area contributed by atoms with Gasteiger partial charge in [0.15, 0.2) is 11.6 Å². The van der Waals surface area contributed by atoms with Gasteiger partial charge in [0.25, 0.3) is 0 Å². The predicted molar refractivity (Wildman–Crippen MR) is 146 cm³/mol. The quantitative estimate of drug-likeness (QED) is 0.316. The highest BCUT2D eigenvalue weighted by Crippen LogP contribution is 2.34. The maximum absolute atomic E-state index is 12.2. The van der Waals surface area contributed by atoms with Crippen LogP contribution in [0.3, 0.4) is 0 Å². The molecule has 0 aromatic heterocycles. The number of aromatic hydroxyl groups is 1. The van der Waals surface area contributed by atoms with Crippen LogP contribution in [-0.4, -0.2) is 55.5 Å². The summed E-state index contributed by atoms with van der Waals surface area (Å²) in [4.78, 5) is 33.1. The van der Waals surface area contributed by atoms with Crippen molar-refractivity contribution in [2.24, 2.45) is 11.8 Å². The molecule has 200 valence electrons. The number of carbonyl (C=O) groups is 3. The van der Waals surface area contributed by atoms with Gasteiger partial charge in [0.1, 0.15) is 23.9 Å². The Hall–Kier alpha value is -2.07. The normalized spacial score (nSPS) is 19.8. The van der Waals surface area contributed by atoms with Gasteiger partial charge < -0.3 is 24.1 Å². The number of ether oxygens (including phenoxy) is 3. The summed E-state index contributed by atoms with van der Waals surface area (Å²) in [6.45, 7) is 4.52. The summed E-state index contributed by atoms with van der Waals surface area (Å²) in [5, 5.41) is 9.16. The summed E-state index contributed by atoms with van der Waals surface area (Å²) < 4.78 is 18.1. The molecular formula is C28H32Br2O7. The predicted octanol–water partition coefficient (Wildman–Crippen LogP) is 6.18. The van der Waals surface area contributed by atoms with E-state index in [1.165, 1.54) is 13.0 Å². The number of carbonyl (C=O) groups excluding carboxylic acids is 3. The minimum absolute atomic E-state index is 0.0232. The van der Waals surface area contributed by atoms with Crippen molar-refractivity contribution >= 4 is 49.7 Å². The second-order valence-corrected chi connectivity index (χ2v) is 11.0. The molecule has 3 aliphatic rings. The van der Waals surface area contributed by atoms with Gasteiger partial charge in [-0.15, -0.1) is 0 Å². The van der Waals surface area contributed by atoms with Crippen LogP contribution < -0.4 is 4.74 Å². The molecule has 3 aliphatic heterocycles. The first-order valence-corrected chi connectivity index (χ1v) is 14.0. The van der Waals surface area contributed by atoms with E-state index < -0.39 is 0 Å². The van der Waals surface area contributed by atoms with Crippen LogP contribution in [0.15, 0.2) is 45.3 Å². The Kier molecular flexibility index (Phi) is 11.8. The number of aldehydes is 1. The number of phenolic OH excluding ortho intramolecular Hbond substituents is 1. The fourth-order valence-corrected chi connectivity index (χ4v) is 5.04. The number of phenols is 1. The monoisotopic (exact) mass is 638 g/mol. The van der Waals surface area contributed by atoms with E-state index in [0.717, 1.165) is 73.1 Å². The van der Waals surface area contributed by atoms with E-state index in [0.29, 0.717) is 23.5 Å². The topological polar surface area (TPSA) is 99.1 Å². The average molecular weight is 640 g/mol. The molecule has 2 saturated heterocycles. The van der Waals surface area contributed by atoms with E-state index in [9.17, 15) is 14.4 Å². The van der Waals surface area contributed by atoms with Gasteiger partial charge in [-0.05, 0) is 69.0 Å². The number of halogens is 2. The molecule has 0 saturated carbocycles. The molecule has 1 unspecified atom stereocenters. The third kappa shape index (κ3) is 9.02. The van der Waals surface area contributed by atoms with Gasteiger partial charge in [-0.3, -0.25) is 9.59 Å². The lowest BCUT2D eigenvalue weighted by Crippen LogP contribution is -2.36. The van der Waals surface area contributed by atoms with Gasteiger partial charge in [0, 0.05) is 53.6 Å². The summed E-state index contributed by atoms with van der Waals surface area (Å²) in [5.74, 6) is 1.53. The number of fused-ring (bicyclic) bond motifs is 1. The van der Waals surface area contributed by atoms with Crippen LogP contribution in [0, 0.1) is 11.8 Å². The van der Waals surface area contributed by atoms with E-state index in [1.807, 2.05) is 18.2 Å². The smallest absolute Gasteiger partial charge is 0.170 e. The van der Waals surface area contributed by atoms with Crippen molar-refractivity contribution in [3.8, 4) is 11.5 Å². The van der Waals surface area contributed by atoms with Crippen molar-refractivity contribution < 1.29 is 33.7 Å². The molecule has 9 heteroatoms. The first kappa shape index (κ1) is 29.5. The summed E-state index contributed by atoms with van der Waals surface area (Å²) in [6, 6.07) is 10.4. The zero-order chi connectivity index (χ0) is 26.8. The standard InChI is InChI=1S/C14H15BrO3.C8H7BrO2.C6H10O2/c15-10-1-2-13-11(7-10)12(16)8-14(18-13)9-3-5-17-6-4-9;1-5(10)7-4-6(9)2-3-8(7)11;7-5-6-1-3-8-4-2-6/h1-2,7,9,14H,3-6,8H2;2-4,11H,1H3;5-6H,1-4H2. The third-order valence-electron chi connectivity index (χ3n) is 6.49. The molecule has 3 heterocycles. The summed E-state index contributed by atoms with van der Waals surface area (Å²) in [6.07, 6.45) is 5.37. The molecule has 37 heavy (non-hydrogen) atoms. The van der Waals surface area contributed by atoms with Crippen molar-refractivity contribution in [2.75, 3.05) is 26.4 Å². The van der Waals surface area contributed by atoms with Crippen LogP contribution in [0.4, 0.5) is 0 Å². The highest BCUT2D eigenvalue weighted by atomic mass is 79.9. The lowest BCUT2D eigenvalue weighted by Gasteiger charge is -2.33. The molecule has 0 aliphatic carbocycles.